The van der Waals surface area contributed by atoms with E-state index < -0.39 is 11.9 Å². The summed E-state index contributed by atoms with van der Waals surface area (Å²) < 4.78 is 0. The second kappa shape index (κ2) is 2.90. The molecular formula is C7H11NO3. The molecule has 0 bridgehead atoms. The number of hydrogen-bond acceptors (Lipinski definition) is 2. The van der Waals surface area contributed by atoms with E-state index in [1.807, 2.05) is 0 Å². The molecule has 0 atom stereocenters. The molecule has 0 heterocycles. The molecule has 0 aromatic rings. The SMILES string of the molecule is CC1CC(NC(=O)C(=O)O)C1. The number of aliphatic carboxylic acids is 1. The van der Waals surface area contributed by atoms with Crippen molar-refractivity contribution in [1.82, 2.24) is 5.32 Å². The van der Waals surface area contributed by atoms with Gasteiger partial charge in [-0.25, -0.2) is 4.79 Å². The number of carbonyl (C=O) groups is 2. The number of nitrogens with one attached hydrogen (secondary N) is 1. The van der Waals surface area contributed by atoms with E-state index in [1.54, 1.807) is 0 Å². The Bertz CT molecular complexity index is 184. The molecule has 0 saturated heterocycles. The lowest BCUT2D eigenvalue weighted by Gasteiger charge is -2.32. The average molecular weight is 157 g/mol. The average Bonchev–Trinajstić information content (AvgIpc) is 1.84. The highest BCUT2D eigenvalue weighted by Gasteiger charge is 2.28. The maximum absolute atomic E-state index is 10.5. The minimum absolute atomic E-state index is 0.0913. The fourth-order valence-corrected chi connectivity index (χ4v) is 1.27. The monoisotopic (exact) mass is 157 g/mol. The molecule has 0 aliphatic heterocycles. The molecule has 62 valence electrons. The number of carboxylic acid groups (broad SMARTS) is 1. The van der Waals surface area contributed by atoms with Gasteiger partial charge in [0.05, 0.1) is 0 Å². The number of amides is 1. The summed E-state index contributed by atoms with van der Waals surface area (Å²) in [6, 6.07) is 0.0913. The first kappa shape index (κ1) is 8.04. The van der Waals surface area contributed by atoms with Crippen LogP contribution in [-0.4, -0.2) is 23.0 Å². The Morgan fingerprint density at radius 1 is 1.45 bits per heavy atom. The molecule has 0 spiro atoms. The quantitative estimate of drug-likeness (QED) is 0.526. The number of carboxylic acids is 1. The third kappa shape index (κ3) is 1.93. The normalized spacial score (nSPS) is 28.8. The molecule has 1 rings (SSSR count). The lowest BCUT2D eigenvalue weighted by Crippen LogP contribution is -2.45. The van der Waals surface area contributed by atoms with Crippen LogP contribution in [0.15, 0.2) is 0 Å². The fourth-order valence-electron chi connectivity index (χ4n) is 1.27. The van der Waals surface area contributed by atoms with Gasteiger partial charge in [-0.15, -0.1) is 0 Å². The van der Waals surface area contributed by atoms with Crippen LogP contribution >= 0.6 is 0 Å². The van der Waals surface area contributed by atoms with Crippen LogP contribution in [0.3, 0.4) is 0 Å². The molecule has 0 aromatic heterocycles. The highest BCUT2D eigenvalue weighted by atomic mass is 16.4. The molecule has 1 saturated carbocycles. The summed E-state index contributed by atoms with van der Waals surface area (Å²) in [7, 11) is 0. The zero-order valence-corrected chi connectivity index (χ0v) is 6.33. The number of rotatable bonds is 1. The van der Waals surface area contributed by atoms with Gasteiger partial charge in [0.25, 0.3) is 0 Å². The van der Waals surface area contributed by atoms with E-state index in [0.29, 0.717) is 5.92 Å². The van der Waals surface area contributed by atoms with Crippen molar-refractivity contribution >= 4 is 11.9 Å². The first-order valence-corrected chi connectivity index (χ1v) is 3.63. The Balaban J connectivity index is 2.22. The largest absolute Gasteiger partial charge is 0.474 e. The molecule has 1 aliphatic carbocycles. The second-order valence-electron chi connectivity index (χ2n) is 3.05. The van der Waals surface area contributed by atoms with Crippen LogP contribution in [0.5, 0.6) is 0 Å². The van der Waals surface area contributed by atoms with Gasteiger partial charge in [0, 0.05) is 6.04 Å². The number of carbonyl (C=O) groups excluding carboxylic acids is 1. The molecule has 1 aliphatic rings. The molecule has 0 radical (unpaired) electrons. The predicted octanol–water partition coefficient (Wildman–Crippen LogP) is -0.0143. The van der Waals surface area contributed by atoms with Crippen molar-refractivity contribution in [2.75, 3.05) is 0 Å². The van der Waals surface area contributed by atoms with Gasteiger partial charge in [0.2, 0.25) is 0 Å². The maximum Gasteiger partial charge on any atom is 0.394 e. The molecule has 1 amide bonds. The summed E-state index contributed by atoms with van der Waals surface area (Å²) in [5.74, 6) is -1.67. The van der Waals surface area contributed by atoms with Gasteiger partial charge in [0.1, 0.15) is 0 Å². The van der Waals surface area contributed by atoms with Crippen LogP contribution in [0.2, 0.25) is 0 Å². The van der Waals surface area contributed by atoms with Crippen molar-refractivity contribution in [2.45, 2.75) is 25.8 Å². The van der Waals surface area contributed by atoms with Gasteiger partial charge in [-0.3, -0.25) is 4.79 Å². The van der Waals surface area contributed by atoms with Crippen LogP contribution in [0, 0.1) is 5.92 Å². The molecule has 4 heteroatoms. The van der Waals surface area contributed by atoms with Crippen molar-refractivity contribution in [3.05, 3.63) is 0 Å². The molecule has 11 heavy (non-hydrogen) atoms. The summed E-state index contributed by atoms with van der Waals surface area (Å²) in [4.78, 5) is 20.6. The van der Waals surface area contributed by atoms with E-state index in [2.05, 4.69) is 12.2 Å². The second-order valence-corrected chi connectivity index (χ2v) is 3.05. The van der Waals surface area contributed by atoms with E-state index in [0.717, 1.165) is 12.8 Å². The highest BCUT2D eigenvalue weighted by molar-refractivity contribution is 6.31. The molecule has 2 N–H and O–H groups in total. The first-order chi connectivity index (χ1) is 5.09. The van der Waals surface area contributed by atoms with Crippen molar-refractivity contribution in [1.29, 1.82) is 0 Å². The maximum atomic E-state index is 10.5. The van der Waals surface area contributed by atoms with E-state index in [9.17, 15) is 9.59 Å². The Morgan fingerprint density at radius 2 is 2.00 bits per heavy atom. The minimum Gasteiger partial charge on any atom is -0.474 e. The summed E-state index contributed by atoms with van der Waals surface area (Å²) in [6.45, 7) is 2.07. The highest BCUT2D eigenvalue weighted by Crippen LogP contribution is 2.25. The first-order valence-electron chi connectivity index (χ1n) is 3.63. The van der Waals surface area contributed by atoms with Gasteiger partial charge >= 0.3 is 11.9 Å². The molecule has 4 nitrogen and oxygen atoms in total. The summed E-state index contributed by atoms with van der Waals surface area (Å²) in [6.07, 6.45) is 1.80. The van der Waals surface area contributed by atoms with Gasteiger partial charge in [-0.2, -0.15) is 0 Å². The van der Waals surface area contributed by atoms with Crippen molar-refractivity contribution in [3.8, 4) is 0 Å². The summed E-state index contributed by atoms with van der Waals surface area (Å²) in [5, 5.41) is 10.6. The minimum atomic E-state index is -1.40. The topological polar surface area (TPSA) is 66.4 Å². The summed E-state index contributed by atoms with van der Waals surface area (Å²) in [5.41, 5.74) is 0. The van der Waals surface area contributed by atoms with Crippen LogP contribution in [-0.2, 0) is 9.59 Å². The van der Waals surface area contributed by atoms with Crippen LogP contribution in [0.4, 0.5) is 0 Å². The van der Waals surface area contributed by atoms with E-state index in [4.69, 9.17) is 5.11 Å². The zero-order valence-electron chi connectivity index (χ0n) is 6.33. The lowest BCUT2D eigenvalue weighted by atomic mass is 9.82. The van der Waals surface area contributed by atoms with Crippen LogP contribution < -0.4 is 5.32 Å². The number of hydrogen-bond donors (Lipinski definition) is 2. The third-order valence-corrected chi connectivity index (χ3v) is 1.90. The zero-order chi connectivity index (χ0) is 8.43. The van der Waals surface area contributed by atoms with Gasteiger partial charge in [0.15, 0.2) is 0 Å². The standard InChI is InChI=1S/C7H11NO3/c1-4-2-5(3-4)8-6(9)7(10)11/h4-5H,2-3H2,1H3,(H,8,9)(H,10,11). The lowest BCUT2D eigenvalue weighted by molar-refractivity contribution is -0.151. The Labute approximate surface area is 64.6 Å². The molecule has 1 fully saturated rings. The van der Waals surface area contributed by atoms with Gasteiger partial charge in [-0.1, -0.05) is 6.92 Å². The van der Waals surface area contributed by atoms with Crippen molar-refractivity contribution in [3.63, 3.8) is 0 Å². The van der Waals surface area contributed by atoms with Crippen LogP contribution in [0.25, 0.3) is 0 Å². The van der Waals surface area contributed by atoms with Crippen molar-refractivity contribution in [2.24, 2.45) is 5.92 Å². The molecule has 0 aromatic carbocycles. The third-order valence-electron chi connectivity index (χ3n) is 1.90. The van der Waals surface area contributed by atoms with Crippen molar-refractivity contribution < 1.29 is 14.7 Å². The van der Waals surface area contributed by atoms with Gasteiger partial charge in [-0.05, 0) is 18.8 Å². The Hall–Kier alpha value is -1.06. The Morgan fingerprint density at radius 3 is 2.36 bits per heavy atom. The molecule has 0 unspecified atom stereocenters. The smallest absolute Gasteiger partial charge is 0.394 e. The van der Waals surface area contributed by atoms with Crippen LogP contribution in [0.1, 0.15) is 19.8 Å². The molecular weight excluding hydrogens is 146 g/mol. The fraction of sp³-hybridized carbons (Fsp3) is 0.714. The van der Waals surface area contributed by atoms with E-state index in [1.165, 1.54) is 0 Å². The summed E-state index contributed by atoms with van der Waals surface area (Å²) >= 11 is 0. The van der Waals surface area contributed by atoms with E-state index >= 15 is 0 Å². The van der Waals surface area contributed by atoms with Gasteiger partial charge < -0.3 is 10.4 Å². The Kier molecular flexibility index (Phi) is 2.12. The predicted molar refractivity (Wildman–Crippen MR) is 38.0 cm³/mol. The van der Waals surface area contributed by atoms with E-state index in [-0.39, 0.29) is 6.04 Å².